The number of anilines is 2. The number of aromatic nitrogens is 3. The van der Waals surface area contributed by atoms with E-state index in [1.54, 1.807) is 24.5 Å². The van der Waals surface area contributed by atoms with Gasteiger partial charge in [-0.1, -0.05) is 19.0 Å². The van der Waals surface area contributed by atoms with E-state index in [0.29, 0.717) is 12.4 Å². The fourth-order valence-corrected chi connectivity index (χ4v) is 2.56. The van der Waals surface area contributed by atoms with Crippen LogP contribution in [0.4, 0.5) is 11.8 Å². The minimum absolute atomic E-state index is 0.0918. The molecule has 0 atom stereocenters. The Kier molecular flexibility index (Phi) is 5.05. The van der Waals surface area contributed by atoms with Gasteiger partial charge < -0.3 is 9.42 Å². The zero-order valence-corrected chi connectivity index (χ0v) is 14.0. The molecule has 0 saturated carbocycles. The Morgan fingerprint density at radius 3 is 2.58 bits per heavy atom. The van der Waals surface area contributed by atoms with Gasteiger partial charge in [-0.05, 0) is 12.0 Å². The molecule has 24 heavy (non-hydrogen) atoms. The van der Waals surface area contributed by atoms with E-state index in [1.807, 2.05) is 13.8 Å². The van der Waals surface area contributed by atoms with E-state index in [0.717, 1.165) is 37.8 Å². The van der Waals surface area contributed by atoms with Crippen LogP contribution >= 0.6 is 0 Å². The molecule has 3 heterocycles. The van der Waals surface area contributed by atoms with Gasteiger partial charge in [0.05, 0.1) is 12.2 Å². The Bertz CT molecular complexity index is 664. The minimum Gasteiger partial charge on any atom is -0.338 e. The van der Waals surface area contributed by atoms with Crippen molar-refractivity contribution in [2.45, 2.75) is 19.8 Å². The fraction of sp³-hybridized carbons (Fsp3) is 0.500. The summed E-state index contributed by atoms with van der Waals surface area (Å²) in [6.45, 7) is 7.58. The van der Waals surface area contributed by atoms with Crippen molar-refractivity contribution in [2.75, 3.05) is 42.9 Å². The highest BCUT2D eigenvalue weighted by Gasteiger charge is 2.21. The molecule has 0 bridgehead atoms. The lowest BCUT2D eigenvalue weighted by molar-refractivity contribution is -0.117. The highest BCUT2D eigenvalue weighted by Crippen LogP contribution is 2.17. The number of amides is 1. The van der Waals surface area contributed by atoms with Crippen LogP contribution in [0.5, 0.6) is 0 Å². The molecule has 0 aliphatic carbocycles. The van der Waals surface area contributed by atoms with Gasteiger partial charge in [0, 0.05) is 44.6 Å². The number of hydrogen-bond acceptors (Lipinski definition) is 7. The molecule has 1 saturated heterocycles. The summed E-state index contributed by atoms with van der Waals surface area (Å²) in [7, 11) is 0. The fourth-order valence-electron chi connectivity index (χ4n) is 2.56. The van der Waals surface area contributed by atoms with Gasteiger partial charge in [0.2, 0.25) is 17.7 Å². The standard InChI is InChI=1S/C16H22N6O2/c1-12(2)13-10-15(24-20-13)19-14(23)11-21-6-8-22(9-7-21)16-17-4-3-5-18-16/h3-5,10,12H,6-9,11H2,1-2H3,(H,19,23). The van der Waals surface area contributed by atoms with E-state index in [1.165, 1.54) is 0 Å². The van der Waals surface area contributed by atoms with E-state index in [9.17, 15) is 4.79 Å². The number of carbonyl (C=O) groups is 1. The number of rotatable bonds is 5. The van der Waals surface area contributed by atoms with Crippen molar-refractivity contribution in [3.63, 3.8) is 0 Å². The average molecular weight is 330 g/mol. The largest absolute Gasteiger partial charge is 0.338 e. The van der Waals surface area contributed by atoms with E-state index in [4.69, 9.17) is 4.52 Å². The number of nitrogens with zero attached hydrogens (tertiary/aromatic N) is 5. The summed E-state index contributed by atoms with van der Waals surface area (Å²) < 4.78 is 5.14. The molecule has 1 aliphatic heterocycles. The number of hydrogen-bond donors (Lipinski definition) is 1. The summed E-state index contributed by atoms with van der Waals surface area (Å²) in [6.07, 6.45) is 3.48. The number of piperazine rings is 1. The van der Waals surface area contributed by atoms with Gasteiger partial charge in [-0.15, -0.1) is 0 Å². The normalized spacial score (nSPS) is 15.7. The van der Waals surface area contributed by atoms with Gasteiger partial charge in [0.25, 0.3) is 0 Å². The maximum Gasteiger partial charge on any atom is 0.240 e. The summed E-state index contributed by atoms with van der Waals surface area (Å²) in [5.74, 6) is 1.32. The predicted molar refractivity (Wildman–Crippen MR) is 89.9 cm³/mol. The Balaban J connectivity index is 1.46. The monoisotopic (exact) mass is 330 g/mol. The van der Waals surface area contributed by atoms with Gasteiger partial charge in [-0.25, -0.2) is 9.97 Å². The molecule has 2 aromatic heterocycles. The smallest absolute Gasteiger partial charge is 0.240 e. The summed E-state index contributed by atoms with van der Waals surface area (Å²) in [5, 5.41) is 6.69. The van der Waals surface area contributed by atoms with Crippen LogP contribution in [0.25, 0.3) is 0 Å². The Morgan fingerprint density at radius 1 is 1.25 bits per heavy atom. The molecule has 0 aromatic carbocycles. The van der Waals surface area contributed by atoms with Gasteiger partial charge in [0.1, 0.15) is 0 Å². The van der Waals surface area contributed by atoms with Gasteiger partial charge in [0.15, 0.2) is 0 Å². The zero-order chi connectivity index (χ0) is 16.9. The third-order valence-electron chi connectivity index (χ3n) is 3.96. The summed E-state index contributed by atoms with van der Waals surface area (Å²) in [6, 6.07) is 3.57. The lowest BCUT2D eigenvalue weighted by atomic mass is 10.1. The molecule has 1 N–H and O–H groups in total. The first-order valence-corrected chi connectivity index (χ1v) is 8.12. The predicted octanol–water partition coefficient (Wildman–Crippen LogP) is 1.35. The molecule has 0 unspecified atom stereocenters. The molecule has 128 valence electrons. The molecule has 8 nitrogen and oxygen atoms in total. The van der Waals surface area contributed by atoms with E-state index in [2.05, 4.69) is 30.2 Å². The van der Waals surface area contributed by atoms with E-state index >= 15 is 0 Å². The zero-order valence-electron chi connectivity index (χ0n) is 14.0. The Hall–Kier alpha value is -2.48. The Labute approximate surface area is 140 Å². The van der Waals surface area contributed by atoms with Crippen LogP contribution in [0.1, 0.15) is 25.5 Å². The molecule has 8 heteroatoms. The molecular weight excluding hydrogens is 308 g/mol. The third-order valence-corrected chi connectivity index (χ3v) is 3.96. The highest BCUT2D eigenvalue weighted by molar-refractivity contribution is 5.91. The van der Waals surface area contributed by atoms with Crippen LogP contribution in [0, 0.1) is 0 Å². The molecule has 1 amide bonds. The molecule has 0 spiro atoms. The van der Waals surface area contributed by atoms with Crippen LogP contribution in [0.3, 0.4) is 0 Å². The quantitative estimate of drug-likeness (QED) is 0.885. The number of carbonyl (C=O) groups excluding carboxylic acids is 1. The first kappa shape index (κ1) is 16.4. The minimum atomic E-state index is -0.0918. The van der Waals surface area contributed by atoms with Crippen LogP contribution in [0.15, 0.2) is 29.0 Å². The second kappa shape index (κ2) is 7.39. The molecule has 2 aromatic rings. The summed E-state index contributed by atoms with van der Waals surface area (Å²) in [5.41, 5.74) is 0.835. The maximum atomic E-state index is 12.1. The summed E-state index contributed by atoms with van der Waals surface area (Å²) >= 11 is 0. The maximum absolute atomic E-state index is 12.1. The SMILES string of the molecule is CC(C)c1cc(NC(=O)CN2CCN(c3ncccn3)CC2)on1. The van der Waals surface area contributed by atoms with Crippen molar-refractivity contribution >= 4 is 17.7 Å². The average Bonchev–Trinajstić information content (AvgIpc) is 3.05. The molecule has 1 fully saturated rings. The van der Waals surface area contributed by atoms with Crippen molar-refractivity contribution in [3.8, 4) is 0 Å². The van der Waals surface area contributed by atoms with E-state index in [-0.39, 0.29) is 11.8 Å². The van der Waals surface area contributed by atoms with Crippen molar-refractivity contribution in [1.82, 2.24) is 20.0 Å². The van der Waals surface area contributed by atoms with Crippen LogP contribution in [-0.4, -0.2) is 58.7 Å². The summed E-state index contributed by atoms with van der Waals surface area (Å²) in [4.78, 5) is 24.9. The first-order chi connectivity index (χ1) is 11.6. The van der Waals surface area contributed by atoms with Gasteiger partial charge in [-0.3, -0.25) is 15.0 Å². The van der Waals surface area contributed by atoms with Crippen molar-refractivity contribution in [1.29, 1.82) is 0 Å². The topological polar surface area (TPSA) is 87.4 Å². The third kappa shape index (κ3) is 4.08. The number of nitrogens with one attached hydrogen (secondary N) is 1. The van der Waals surface area contributed by atoms with Crippen LogP contribution in [-0.2, 0) is 4.79 Å². The molecule has 1 aliphatic rings. The highest BCUT2D eigenvalue weighted by atomic mass is 16.5. The molecule has 0 radical (unpaired) electrons. The van der Waals surface area contributed by atoms with Crippen molar-refractivity contribution < 1.29 is 9.32 Å². The lowest BCUT2D eigenvalue weighted by Crippen LogP contribution is -2.49. The van der Waals surface area contributed by atoms with Crippen LogP contribution < -0.4 is 10.2 Å². The Morgan fingerprint density at radius 2 is 1.96 bits per heavy atom. The molecular formula is C16H22N6O2. The molecule has 3 rings (SSSR count). The van der Waals surface area contributed by atoms with Gasteiger partial charge in [-0.2, -0.15) is 0 Å². The second-order valence-electron chi connectivity index (χ2n) is 6.13. The first-order valence-electron chi connectivity index (χ1n) is 8.12. The van der Waals surface area contributed by atoms with E-state index < -0.39 is 0 Å². The van der Waals surface area contributed by atoms with Crippen molar-refractivity contribution in [2.24, 2.45) is 0 Å². The second-order valence-corrected chi connectivity index (χ2v) is 6.13. The lowest BCUT2D eigenvalue weighted by Gasteiger charge is -2.34. The van der Waals surface area contributed by atoms with Gasteiger partial charge >= 0.3 is 0 Å². The van der Waals surface area contributed by atoms with Crippen LogP contribution in [0.2, 0.25) is 0 Å². The van der Waals surface area contributed by atoms with Crippen molar-refractivity contribution in [3.05, 3.63) is 30.2 Å².